The lowest BCUT2D eigenvalue weighted by Crippen LogP contribution is -2.41. The average Bonchev–Trinajstić information content (AvgIpc) is 2.51. The predicted molar refractivity (Wildman–Crippen MR) is 93.1 cm³/mol. The summed E-state index contributed by atoms with van der Waals surface area (Å²) in [6.07, 6.45) is 2.93. The second kappa shape index (κ2) is 11.2. The van der Waals surface area contributed by atoms with E-state index in [0.717, 1.165) is 18.9 Å². The smallest absolute Gasteiger partial charge is 0.330 e. The molecule has 4 atom stereocenters. The molecule has 0 heterocycles. The summed E-state index contributed by atoms with van der Waals surface area (Å²) < 4.78 is 10.6. The van der Waals surface area contributed by atoms with E-state index < -0.39 is 11.4 Å². The van der Waals surface area contributed by atoms with Gasteiger partial charge in [-0.05, 0) is 19.3 Å². The molecule has 0 bridgehead atoms. The van der Waals surface area contributed by atoms with Crippen LogP contribution >= 0.6 is 0 Å². The monoisotopic (exact) mass is 343 g/mol. The highest BCUT2D eigenvalue weighted by atomic mass is 16.5. The molecule has 0 aliphatic carbocycles. The van der Waals surface area contributed by atoms with E-state index in [0.29, 0.717) is 0 Å². The van der Waals surface area contributed by atoms with Gasteiger partial charge >= 0.3 is 11.9 Å². The molecule has 140 valence electrons. The van der Waals surface area contributed by atoms with Crippen LogP contribution in [0.1, 0.15) is 47.0 Å². The minimum Gasteiger partial charge on any atom is -0.465 e. The zero-order valence-corrected chi connectivity index (χ0v) is 15.4. The molecule has 24 heavy (non-hydrogen) atoms. The van der Waals surface area contributed by atoms with Crippen molar-refractivity contribution in [3.05, 3.63) is 12.7 Å². The third-order valence-corrected chi connectivity index (χ3v) is 4.31. The van der Waals surface area contributed by atoms with Gasteiger partial charge in [0.1, 0.15) is 0 Å². The topological polar surface area (TPSA) is 98.9 Å². The van der Waals surface area contributed by atoms with Gasteiger partial charge in [-0.15, -0.1) is 0 Å². The van der Waals surface area contributed by atoms with Gasteiger partial charge < -0.3 is 20.3 Å². The van der Waals surface area contributed by atoms with E-state index >= 15 is 0 Å². The van der Waals surface area contributed by atoms with Gasteiger partial charge in [0.15, 0.2) is 0 Å². The van der Waals surface area contributed by atoms with Crippen molar-refractivity contribution in [2.24, 2.45) is 23.0 Å². The number of carbonyl (C=O) groups is 2. The minimum absolute atomic E-state index is 0.0375. The van der Waals surface area contributed by atoms with E-state index in [9.17, 15) is 14.7 Å². The van der Waals surface area contributed by atoms with Crippen molar-refractivity contribution < 1.29 is 24.2 Å². The molecule has 0 saturated heterocycles. The van der Waals surface area contributed by atoms with Crippen molar-refractivity contribution in [3.8, 4) is 0 Å². The van der Waals surface area contributed by atoms with Crippen molar-refractivity contribution in [1.82, 2.24) is 0 Å². The number of aliphatic hydroxyl groups is 1. The van der Waals surface area contributed by atoms with Crippen LogP contribution in [0.3, 0.4) is 0 Å². The summed E-state index contributed by atoms with van der Waals surface area (Å²) in [6, 6.07) is -0.262. The Morgan fingerprint density at radius 2 is 1.96 bits per heavy atom. The summed E-state index contributed by atoms with van der Waals surface area (Å²) in [5.74, 6) is -1.09. The first-order chi connectivity index (χ1) is 11.2. The maximum atomic E-state index is 11.8. The normalized spacial score (nSPS) is 17.2. The lowest BCUT2D eigenvalue weighted by molar-refractivity contribution is -0.153. The SMILES string of the molecule is C=CC(=O)OCC(C)(CCC)C(COC(=O)CC(C)N)C(C)CO. The Labute approximate surface area is 145 Å². The van der Waals surface area contributed by atoms with Gasteiger partial charge in [0.2, 0.25) is 0 Å². The first-order valence-electron chi connectivity index (χ1n) is 8.51. The summed E-state index contributed by atoms with van der Waals surface area (Å²) in [5, 5.41) is 9.59. The molecule has 0 aromatic heterocycles. The van der Waals surface area contributed by atoms with Gasteiger partial charge in [0, 0.05) is 30.1 Å². The summed E-state index contributed by atoms with van der Waals surface area (Å²) in [5.41, 5.74) is 5.20. The second-order valence-corrected chi connectivity index (χ2v) is 6.85. The number of carbonyl (C=O) groups excluding carboxylic acids is 2. The van der Waals surface area contributed by atoms with Gasteiger partial charge in [-0.3, -0.25) is 4.79 Å². The van der Waals surface area contributed by atoms with E-state index in [1.807, 2.05) is 20.8 Å². The Morgan fingerprint density at radius 1 is 1.33 bits per heavy atom. The van der Waals surface area contributed by atoms with Crippen LogP contribution in [0.25, 0.3) is 0 Å². The summed E-state index contributed by atoms with van der Waals surface area (Å²) in [7, 11) is 0. The molecule has 0 aliphatic rings. The molecule has 6 heteroatoms. The van der Waals surface area contributed by atoms with Crippen molar-refractivity contribution in [1.29, 1.82) is 0 Å². The number of aliphatic hydroxyl groups excluding tert-OH is 1. The zero-order valence-electron chi connectivity index (χ0n) is 15.4. The molecule has 0 spiro atoms. The fourth-order valence-electron chi connectivity index (χ4n) is 2.91. The second-order valence-electron chi connectivity index (χ2n) is 6.85. The molecule has 0 aromatic carbocycles. The Hall–Kier alpha value is -1.40. The largest absolute Gasteiger partial charge is 0.465 e. The van der Waals surface area contributed by atoms with Crippen LogP contribution in [0, 0.1) is 17.3 Å². The number of esters is 2. The maximum Gasteiger partial charge on any atom is 0.330 e. The Kier molecular flexibility index (Phi) is 10.6. The Balaban J connectivity index is 5.12. The Morgan fingerprint density at radius 3 is 2.42 bits per heavy atom. The summed E-state index contributed by atoms with van der Waals surface area (Å²) in [4.78, 5) is 23.2. The van der Waals surface area contributed by atoms with Crippen LogP contribution in [0.5, 0.6) is 0 Å². The van der Waals surface area contributed by atoms with Crippen LogP contribution in [-0.2, 0) is 19.1 Å². The molecular weight excluding hydrogens is 310 g/mol. The first-order valence-corrected chi connectivity index (χ1v) is 8.51. The molecule has 0 rings (SSSR count). The highest BCUT2D eigenvalue weighted by Gasteiger charge is 2.39. The quantitative estimate of drug-likeness (QED) is 0.416. The molecule has 3 N–H and O–H groups in total. The van der Waals surface area contributed by atoms with Crippen molar-refractivity contribution in [3.63, 3.8) is 0 Å². The maximum absolute atomic E-state index is 11.8. The minimum atomic E-state index is -0.485. The average molecular weight is 343 g/mol. The van der Waals surface area contributed by atoms with E-state index in [1.165, 1.54) is 0 Å². The van der Waals surface area contributed by atoms with Crippen molar-refractivity contribution >= 4 is 11.9 Å². The summed E-state index contributed by atoms with van der Waals surface area (Å²) in [6.45, 7) is 11.4. The molecule has 0 amide bonds. The standard InChI is InChI=1S/C18H33NO5/c1-6-8-18(5,12-24-16(21)7-2)15(13(3)10-20)11-23-17(22)9-14(4)19/h7,13-15,20H,2,6,8-12,19H2,1,3-5H3. The number of ether oxygens (including phenoxy) is 2. The fourth-order valence-corrected chi connectivity index (χ4v) is 2.91. The molecule has 6 nitrogen and oxygen atoms in total. The van der Waals surface area contributed by atoms with Gasteiger partial charge in [-0.25, -0.2) is 4.79 Å². The molecule has 0 fully saturated rings. The number of rotatable bonds is 12. The van der Waals surface area contributed by atoms with Gasteiger partial charge in [-0.1, -0.05) is 33.8 Å². The van der Waals surface area contributed by atoms with Gasteiger partial charge in [-0.2, -0.15) is 0 Å². The molecule has 0 radical (unpaired) electrons. The van der Waals surface area contributed by atoms with Crippen LogP contribution in [-0.4, -0.2) is 42.9 Å². The highest BCUT2D eigenvalue weighted by molar-refractivity contribution is 5.81. The van der Waals surface area contributed by atoms with Crippen LogP contribution in [0.2, 0.25) is 0 Å². The third kappa shape index (κ3) is 7.93. The number of hydrogen-bond donors (Lipinski definition) is 2. The Bertz CT molecular complexity index is 410. The molecule has 0 saturated carbocycles. The number of hydrogen-bond acceptors (Lipinski definition) is 6. The molecule has 0 aromatic rings. The van der Waals surface area contributed by atoms with E-state index in [4.69, 9.17) is 15.2 Å². The number of nitrogens with two attached hydrogens (primary N) is 1. The van der Waals surface area contributed by atoms with E-state index in [-0.39, 0.29) is 50.1 Å². The van der Waals surface area contributed by atoms with Crippen molar-refractivity contribution in [2.75, 3.05) is 19.8 Å². The molecule has 4 unspecified atom stereocenters. The predicted octanol–water partition coefficient (Wildman–Crippen LogP) is 2.05. The highest BCUT2D eigenvalue weighted by Crippen LogP contribution is 2.38. The van der Waals surface area contributed by atoms with E-state index in [2.05, 4.69) is 6.58 Å². The van der Waals surface area contributed by atoms with Crippen molar-refractivity contribution in [2.45, 2.75) is 53.0 Å². The van der Waals surface area contributed by atoms with Gasteiger partial charge in [0.05, 0.1) is 19.6 Å². The van der Waals surface area contributed by atoms with Crippen LogP contribution in [0.15, 0.2) is 12.7 Å². The lowest BCUT2D eigenvalue weighted by atomic mass is 9.69. The van der Waals surface area contributed by atoms with E-state index in [1.54, 1.807) is 6.92 Å². The third-order valence-electron chi connectivity index (χ3n) is 4.31. The fraction of sp³-hybridized carbons (Fsp3) is 0.778. The lowest BCUT2D eigenvalue weighted by Gasteiger charge is -2.39. The van der Waals surface area contributed by atoms with Crippen LogP contribution in [0.4, 0.5) is 0 Å². The first kappa shape index (κ1) is 22.6. The molecular formula is C18H33NO5. The zero-order chi connectivity index (χ0) is 18.8. The summed E-state index contributed by atoms with van der Waals surface area (Å²) >= 11 is 0. The van der Waals surface area contributed by atoms with Crippen LogP contribution < -0.4 is 5.73 Å². The van der Waals surface area contributed by atoms with Gasteiger partial charge in [0.25, 0.3) is 0 Å². The molecule has 0 aliphatic heterocycles.